The molecule has 41 heavy (non-hydrogen) atoms. The van der Waals surface area contributed by atoms with Gasteiger partial charge >= 0.3 is 6.18 Å². The molecule has 4 heterocycles. The minimum Gasteiger partial charge on any atom is -0.493 e. The molecule has 1 unspecified atom stereocenters. The highest BCUT2D eigenvalue weighted by Crippen LogP contribution is 2.37. The Morgan fingerprint density at radius 1 is 1.07 bits per heavy atom. The molecule has 1 aromatic carbocycles. The highest BCUT2D eigenvalue weighted by atomic mass is 19.4. The van der Waals surface area contributed by atoms with Crippen molar-refractivity contribution in [1.29, 1.82) is 0 Å². The molecule has 0 aliphatic carbocycles. The Labute approximate surface area is 232 Å². The number of nitrogens with one attached hydrogen (secondary N) is 1. The van der Waals surface area contributed by atoms with Crippen molar-refractivity contribution >= 4 is 22.6 Å². The summed E-state index contributed by atoms with van der Waals surface area (Å²) in [5, 5.41) is 7.50. The second kappa shape index (κ2) is 11.5. The maximum Gasteiger partial charge on any atom is 0.422 e. The number of benzene rings is 1. The van der Waals surface area contributed by atoms with Crippen LogP contribution in [-0.2, 0) is 0 Å². The average molecular weight is 573 g/mol. The molecule has 1 amide bonds. The number of hydrogen-bond acceptors (Lipinski definition) is 9. The number of hydrogen-bond donors (Lipinski definition) is 1. The molecule has 1 saturated heterocycles. The van der Waals surface area contributed by atoms with E-state index in [0.29, 0.717) is 40.4 Å². The second-order valence-corrected chi connectivity index (χ2v) is 9.40. The number of anilines is 1. The summed E-state index contributed by atoms with van der Waals surface area (Å²) < 4.78 is 61.6. The molecule has 1 N–H and O–H groups in total. The molecule has 0 bridgehead atoms. The van der Waals surface area contributed by atoms with Crippen LogP contribution in [0.15, 0.2) is 48.9 Å². The Hall–Kier alpha value is -4.59. The Bertz CT molecular complexity index is 1540. The van der Waals surface area contributed by atoms with Gasteiger partial charge in [0.05, 0.1) is 38.2 Å². The third kappa shape index (κ3) is 6.43. The lowest BCUT2D eigenvalue weighted by atomic mass is 10.2. The third-order valence-electron chi connectivity index (χ3n) is 6.46. The van der Waals surface area contributed by atoms with Crippen molar-refractivity contribution < 1.29 is 36.9 Å². The van der Waals surface area contributed by atoms with Crippen LogP contribution in [0.25, 0.3) is 10.9 Å². The molecule has 4 aromatic rings. The molecule has 0 saturated carbocycles. The van der Waals surface area contributed by atoms with E-state index in [9.17, 15) is 18.0 Å². The molecule has 14 heteroatoms. The Morgan fingerprint density at radius 2 is 1.85 bits per heavy atom. The smallest absolute Gasteiger partial charge is 0.422 e. The van der Waals surface area contributed by atoms with Crippen molar-refractivity contribution in [2.75, 3.05) is 46.3 Å². The number of amides is 1. The summed E-state index contributed by atoms with van der Waals surface area (Å²) in [6, 6.07) is 8.17. The zero-order valence-electron chi connectivity index (χ0n) is 22.4. The third-order valence-corrected chi connectivity index (χ3v) is 6.46. The number of methoxy groups -OCH3 is 2. The van der Waals surface area contributed by atoms with E-state index in [1.807, 2.05) is 7.05 Å². The number of rotatable bonds is 9. The number of nitrogens with zero attached hydrogens (tertiary/aromatic N) is 5. The zero-order valence-corrected chi connectivity index (χ0v) is 22.4. The van der Waals surface area contributed by atoms with E-state index < -0.39 is 18.7 Å². The molecule has 0 spiro atoms. The van der Waals surface area contributed by atoms with Gasteiger partial charge in [0.2, 0.25) is 0 Å². The van der Waals surface area contributed by atoms with Gasteiger partial charge in [-0.15, -0.1) is 0 Å². The minimum absolute atomic E-state index is 0.0883. The van der Waals surface area contributed by atoms with Crippen LogP contribution in [-0.4, -0.2) is 77.7 Å². The monoisotopic (exact) mass is 572 g/mol. The van der Waals surface area contributed by atoms with Crippen molar-refractivity contribution in [2.24, 2.45) is 0 Å². The van der Waals surface area contributed by atoms with E-state index in [4.69, 9.17) is 18.9 Å². The molecule has 5 rings (SSSR count). The van der Waals surface area contributed by atoms with Gasteiger partial charge in [0.1, 0.15) is 17.3 Å². The number of carbonyl (C=O) groups is 1. The highest BCUT2D eigenvalue weighted by Gasteiger charge is 2.31. The number of carbonyl (C=O) groups excluding carboxylic acids is 1. The first kappa shape index (κ1) is 28.0. The largest absolute Gasteiger partial charge is 0.493 e. The number of fused-ring (bicyclic) bond motifs is 1. The van der Waals surface area contributed by atoms with E-state index in [1.54, 1.807) is 30.5 Å². The molecule has 3 aromatic heterocycles. The number of likely N-dealkylation sites (N-methyl/N-ethyl adjacent to an activating group) is 1. The van der Waals surface area contributed by atoms with Crippen molar-refractivity contribution in [1.82, 2.24) is 24.6 Å². The van der Waals surface area contributed by atoms with Gasteiger partial charge in [0.15, 0.2) is 29.5 Å². The maximum absolute atomic E-state index is 13.0. The Balaban J connectivity index is 1.32. The van der Waals surface area contributed by atoms with Gasteiger partial charge in [-0.1, -0.05) is 0 Å². The standard InChI is InChI=1S/C27H27F3N6O5/c1-35-9-7-16(13-35)36-14-23(40-15-27(28,29)30)25(34-36)26(37)33-24-5-4-17(12-32-24)41-20-6-8-31-19-11-22(39-3)21(38-2)10-18(19)20/h4-6,8,10-12,14,16H,7,9,13,15H2,1-3H3,(H,32,33,37). The maximum atomic E-state index is 13.0. The topological polar surface area (TPSA) is 113 Å². The van der Waals surface area contributed by atoms with Crippen molar-refractivity contribution in [3.8, 4) is 28.7 Å². The molecule has 1 aliphatic rings. The van der Waals surface area contributed by atoms with E-state index >= 15 is 0 Å². The summed E-state index contributed by atoms with van der Waals surface area (Å²) in [7, 11) is 5.00. The zero-order chi connectivity index (χ0) is 29.1. The van der Waals surface area contributed by atoms with Crippen LogP contribution < -0.4 is 24.3 Å². The van der Waals surface area contributed by atoms with Gasteiger partial charge < -0.3 is 29.2 Å². The van der Waals surface area contributed by atoms with E-state index in [0.717, 1.165) is 13.0 Å². The van der Waals surface area contributed by atoms with Gasteiger partial charge in [-0.05, 0) is 44.3 Å². The SMILES string of the molecule is COc1cc2nccc(Oc3ccc(NC(=O)c4nn(C5CCN(C)C5)cc4OCC(F)(F)F)nc3)c2cc1OC. The molecule has 0 radical (unpaired) electrons. The van der Waals surface area contributed by atoms with Gasteiger partial charge in [-0.25, -0.2) is 4.98 Å². The molecular formula is C27H27F3N6O5. The second-order valence-electron chi connectivity index (χ2n) is 9.40. The van der Waals surface area contributed by atoms with E-state index in [1.165, 1.54) is 37.4 Å². The number of likely N-dealkylation sites (tertiary alicyclic amines) is 1. The lowest BCUT2D eigenvalue weighted by Crippen LogP contribution is -2.21. The fourth-order valence-corrected chi connectivity index (χ4v) is 4.47. The first-order valence-corrected chi connectivity index (χ1v) is 12.6. The molecular weight excluding hydrogens is 545 g/mol. The van der Waals surface area contributed by atoms with Crippen LogP contribution in [0.3, 0.4) is 0 Å². The van der Waals surface area contributed by atoms with Crippen LogP contribution in [0.5, 0.6) is 28.7 Å². The number of alkyl halides is 3. The first-order valence-electron chi connectivity index (χ1n) is 12.6. The van der Waals surface area contributed by atoms with Crippen LogP contribution in [0.1, 0.15) is 23.0 Å². The van der Waals surface area contributed by atoms with Crippen molar-refractivity contribution in [3.63, 3.8) is 0 Å². The summed E-state index contributed by atoms with van der Waals surface area (Å²) in [6.45, 7) is -0.0894. The van der Waals surface area contributed by atoms with E-state index in [-0.39, 0.29) is 23.3 Å². The Morgan fingerprint density at radius 3 is 2.51 bits per heavy atom. The molecule has 1 aliphatic heterocycles. The van der Waals surface area contributed by atoms with E-state index in [2.05, 4.69) is 25.3 Å². The predicted molar refractivity (Wildman–Crippen MR) is 142 cm³/mol. The fraction of sp³-hybridized carbons (Fsp3) is 0.333. The number of aromatic nitrogens is 4. The van der Waals surface area contributed by atoms with Crippen molar-refractivity contribution in [3.05, 3.63) is 54.6 Å². The summed E-state index contributed by atoms with van der Waals surface area (Å²) in [6.07, 6.45) is 0.494. The lowest BCUT2D eigenvalue weighted by molar-refractivity contribution is -0.153. The average Bonchev–Trinajstić information content (AvgIpc) is 3.58. The van der Waals surface area contributed by atoms with Crippen LogP contribution >= 0.6 is 0 Å². The molecule has 1 atom stereocenters. The first-order chi connectivity index (χ1) is 19.6. The Kier molecular flexibility index (Phi) is 7.83. The van der Waals surface area contributed by atoms with Gasteiger partial charge in [-0.2, -0.15) is 18.3 Å². The number of halogens is 3. The summed E-state index contributed by atoms with van der Waals surface area (Å²) in [5.74, 6) is 1.03. The quantitative estimate of drug-likeness (QED) is 0.305. The van der Waals surface area contributed by atoms with Gasteiger partial charge in [0.25, 0.3) is 5.91 Å². The summed E-state index contributed by atoms with van der Waals surface area (Å²) in [4.78, 5) is 23.7. The van der Waals surface area contributed by atoms with Crippen LogP contribution in [0.4, 0.5) is 19.0 Å². The highest BCUT2D eigenvalue weighted by molar-refractivity contribution is 6.04. The van der Waals surface area contributed by atoms with Gasteiger partial charge in [0, 0.05) is 24.2 Å². The van der Waals surface area contributed by atoms with Crippen LogP contribution in [0.2, 0.25) is 0 Å². The predicted octanol–water partition coefficient (Wildman–Crippen LogP) is 4.71. The molecule has 216 valence electrons. The van der Waals surface area contributed by atoms with Crippen LogP contribution in [0, 0.1) is 0 Å². The summed E-state index contributed by atoms with van der Waals surface area (Å²) >= 11 is 0. The molecule has 1 fully saturated rings. The normalized spacial score (nSPS) is 15.6. The van der Waals surface area contributed by atoms with Crippen molar-refractivity contribution in [2.45, 2.75) is 18.6 Å². The number of ether oxygens (including phenoxy) is 4. The lowest BCUT2D eigenvalue weighted by Gasteiger charge is -2.12. The van der Waals surface area contributed by atoms with Gasteiger partial charge in [-0.3, -0.25) is 14.5 Å². The minimum atomic E-state index is -4.57. The fourth-order valence-electron chi connectivity index (χ4n) is 4.47. The molecule has 11 nitrogen and oxygen atoms in total. The number of pyridine rings is 2. The summed E-state index contributed by atoms with van der Waals surface area (Å²) in [5.41, 5.74) is 0.364.